The van der Waals surface area contributed by atoms with Gasteiger partial charge in [0.2, 0.25) is 5.91 Å². The van der Waals surface area contributed by atoms with E-state index in [9.17, 15) is 4.79 Å². The second kappa shape index (κ2) is 8.03. The van der Waals surface area contributed by atoms with Crippen LogP contribution in [0.2, 0.25) is 0 Å². The molecular weight excluding hydrogens is 289 g/mol. The van der Waals surface area contributed by atoms with Gasteiger partial charge >= 0.3 is 0 Å². The number of nitrogens with zero attached hydrogens (tertiary/aromatic N) is 1. The fraction of sp³-hybridized carbons (Fsp3) is 0.545. The van der Waals surface area contributed by atoms with E-state index >= 15 is 0 Å². The summed E-state index contributed by atoms with van der Waals surface area (Å²) in [7, 11) is 3.49. The first kappa shape index (κ1) is 13.7. The van der Waals surface area contributed by atoms with Gasteiger partial charge in [-0.3, -0.25) is 4.79 Å². The summed E-state index contributed by atoms with van der Waals surface area (Å²) in [6.45, 7) is 2.18. The number of rotatable bonds is 5. The molecule has 0 saturated heterocycles. The molecule has 0 unspecified atom stereocenters. The average molecular weight is 307 g/mol. The Morgan fingerprint density at radius 1 is 1.43 bits per heavy atom. The number of allylic oxidation sites excluding steroid dienone is 3. The average Bonchev–Trinajstić information content (AvgIpc) is 2.12. The molecule has 0 heterocycles. The smallest absolute Gasteiger partial charge is 0.246 e. The Labute approximate surface area is 100 Å². The molecule has 0 aliphatic carbocycles. The van der Waals surface area contributed by atoms with Crippen molar-refractivity contribution in [1.82, 2.24) is 4.90 Å². The number of hydrogen-bond donors (Lipinski definition) is 0. The van der Waals surface area contributed by atoms with Gasteiger partial charge in [-0.2, -0.15) is 0 Å². The zero-order valence-corrected chi connectivity index (χ0v) is 11.2. The topological polar surface area (TPSA) is 20.3 Å². The number of alkyl halides is 1. The first-order valence-electron chi connectivity index (χ1n) is 4.70. The van der Waals surface area contributed by atoms with E-state index in [1.807, 2.05) is 6.08 Å². The number of amides is 1. The standard InChI is InChI=1S/C11H18INO/c1-10(8-9-12)6-4-5-7-11(14)13(2)3/h4-7,10H,8-9H2,1-3H3/b6-4+,7-5+/t10-/m0/s1. The van der Waals surface area contributed by atoms with Crippen molar-refractivity contribution in [2.45, 2.75) is 13.3 Å². The summed E-state index contributed by atoms with van der Waals surface area (Å²) in [6, 6.07) is 0. The van der Waals surface area contributed by atoms with Crippen LogP contribution in [0.1, 0.15) is 13.3 Å². The van der Waals surface area contributed by atoms with Gasteiger partial charge < -0.3 is 4.90 Å². The van der Waals surface area contributed by atoms with Gasteiger partial charge in [0, 0.05) is 24.6 Å². The van der Waals surface area contributed by atoms with Crippen LogP contribution in [0, 0.1) is 5.92 Å². The van der Waals surface area contributed by atoms with Crippen molar-refractivity contribution in [3.8, 4) is 0 Å². The zero-order valence-electron chi connectivity index (χ0n) is 9.03. The fourth-order valence-corrected chi connectivity index (χ4v) is 1.79. The van der Waals surface area contributed by atoms with E-state index in [-0.39, 0.29) is 5.91 Å². The van der Waals surface area contributed by atoms with E-state index < -0.39 is 0 Å². The van der Waals surface area contributed by atoms with Gasteiger partial charge in [0.05, 0.1) is 0 Å². The molecule has 0 radical (unpaired) electrons. The van der Waals surface area contributed by atoms with Crippen LogP contribution in [-0.2, 0) is 4.79 Å². The third-order valence-corrected chi connectivity index (χ3v) is 2.42. The second-order valence-electron chi connectivity index (χ2n) is 3.43. The first-order valence-corrected chi connectivity index (χ1v) is 6.22. The largest absolute Gasteiger partial charge is 0.345 e. The van der Waals surface area contributed by atoms with Crippen LogP contribution in [0.25, 0.3) is 0 Å². The van der Waals surface area contributed by atoms with Gasteiger partial charge in [-0.1, -0.05) is 47.7 Å². The number of carbonyl (C=O) groups excluding carboxylic acids is 1. The lowest BCUT2D eigenvalue weighted by atomic mass is 10.1. The molecule has 1 atom stereocenters. The van der Waals surface area contributed by atoms with Gasteiger partial charge in [-0.05, 0) is 12.3 Å². The lowest BCUT2D eigenvalue weighted by molar-refractivity contribution is -0.123. The predicted octanol–water partition coefficient (Wildman–Crippen LogP) is 2.65. The van der Waals surface area contributed by atoms with Gasteiger partial charge in [-0.25, -0.2) is 0 Å². The van der Waals surface area contributed by atoms with Crippen LogP contribution >= 0.6 is 22.6 Å². The summed E-state index contributed by atoms with van der Waals surface area (Å²) in [5.74, 6) is 0.613. The highest BCUT2D eigenvalue weighted by Crippen LogP contribution is 2.05. The molecule has 0 aliphatic heterocycles. The predicted molar refractivity (Wildman–Crippen MR) is 69.6 cm³/mol. The van der Waals surface area contributed by atoms with E-state index in [0.29, 0.717) is 5.92 Å². The summed E-state index contributed by atoms with van der Waals surface area (Å²) in [6.07, 6.45) is 8.63. The van der Waals surface area contributed by atoms with Crippen LogP contribution in [-0.4, -0.2) is 29.3 Å². The van der Waals surface area contributed by atoms with Gasteiger partial charge in [0.25, 0.3) is 0 Å². The molecule has 0 fully saturated rings. The lowest BCUT2D eigenvalue weighted by Gasteiger charge is -2.04. The molecule has 0 spiro atoms. The Balaban J connectivity index is 3.86. The van der Waals surface area contributed by atoms with Crippen molar-refractivity contribution < 1.29 is 4.79 Å². The fourth-order valence-electron chi connectivity index (χ4n) is 0.809. The van der Waals surface area contributed by atoms with Crippen LogP contribution < -0.4 is 0 Å². The zero-order chi connectivity index (χ0) is 11.0. The highest BCUT2D eigenvalue weighted by atomic mass is 127. The van der Waals surface area contributed by atoms with Crippen LogP contribution in [0.5, 0.6) is 0 Å². The molecule has 3 heteroatoms. The van der Waals surface area contributed by atoms with Gasteiger partial charge in [0.15, 0.2) is 0 Å². The minimum absolute atomic E-state index is 0.0243. The summed E-state index contributed by atoms with van der Waals surface area (Å²) < 4.78 is 1.17. The molecule has 0 saturated carbocycles. The Kier molecular flexibility index (Phi) is 7.84. The normalized spacial score (nSPS) is 13.7. The van der Waals surface area contributed by atoms with Gasteiger partial charge in [-0.15, -0.1) is 0 Å². The Hall–Kier alpha value is -0.320. The molecule has 0 aromatic heterocycles. The Morgan fingerprint density at radius 3 is 2.57 bits per heavy atom. The molecular formula is C11H18INO. The summed E-state index contributed by atoms with van der Waals surface area (Å²) in [4.78, 5) is 12.7. The van der Waals surface area contributed by atoms with E-state index in [1.165, 1.54) is 10.8 Å². The molecule has 0 aromatic rings. The van der Waals surface area contributed by atoms with Crippen molar-refractivity contribution in [3.05, 3.63) is 24.3 Å². The molecule has 0 N–H and O–H groups in total. The van der Waals surface area contributed by atoms with Crippen molar-refractivity contribution in [2.24, 2.45) is 5.92 Å². The second-order valence-corrected chi connectivity index (χ2v) is 4.51. The summed E-state index contributed by atoms with van der Waals surface area (Å²) in [5, 5.41) is 0. The molecule has 0 aromatic carbocycles. The molecule has 14 heavy (non-hydrogen) atoms. The Morgan fingerprint density at radius 2 is 2.07 bits per heavy atom. The quantitative estimate of drug-likeness (QED) is 0.331. The molecule has 0 aliphatic rings. The third-order valence-electron chi connectivity index (χ3n) is 1.79. The SMILES string of the molecule is C[C@@H](/C=C/C=C/C(=O)N(C)C)CCI. The summed E-state index contributed by atoms with van der Waals surface area (Å²) >= 11 is 2.37. The van der Waals surface area contributed by atoms with Crippen molar-refractivity contribution >= 4 is 28.5 Å². The minimum atomic E-state index is 0.0243. The highest BCUT2D eigenvalue weighted by molar-refractivity contribution is 14.1. The lowest BCUT2D eigenvalue weighted by Crippen LogP contribution is -2.18. The van der Waals surface area contributed by atoms with E-state index in [2.05, 4.69) is 35.6 Å². The number of halogens is 1. The number of likely N-dealkylation sites (N-methyl/N-ethyl adjacent to an activating group) is 1. The van der Waals surface area contributed by atoms with E-state index in [0.717, 1.165) is 0 Å². The van der Waals surface area contributed by atoms with Crippen molar-refractivity contribution in [1.29, 1.82) is 0 Å². The molecule has 80 valence electrons. The number of carbonyl (C=O) groups is 1. The molecule has 2 nitrogen and oxygen atoms in total. The van der Waals surface area contributed by atoms with Crippen LogP contribution in [0.15, 0.2) is 24.3 Å². The Bertz CT molecular complexity index is 221. The van der Waals surface area contributed by atoms with Crippen LogP contribution in [0.3, 0.4) is 0 Å². The van der Waals surface area contributed by atoms with Crippen LogP contribution in [0.4, 0.5) is 0 Å². The maximum atomic E-state index is 11.1. The van der Waals surface area contributed by atoms with Gasteiger partial charge in [0.1, 0.15) is 0 Å². The monoisotopic (exact) mass is 307 g/mol. The highest BCUT2D eigenvalue weighted by Gasteiger charge is 1.95. The maximum absolute atomic E-state index is 11.1. The summed E-state index contributed by atoms with van der Waals surface area (Å²) in [5.41, 5.74) is 0. The van der Waals surface area contributed by atoms with Crippen molar-refractivity contribution in [2.75, 3.05) is 18.5 Å². The third kappa shape index (κ3) is 7.12. The van der Waals surface area contributed by atoms with E-state index in [4.69, 9.17) is 0 Å². The molecule has 0 rings (SSSR count). The van der Waals surface area contributed by atoms with E-state index in [1.54, 1.807) is 31.1 Å². The first-order chi connectivity index (χ1) is 6.57. The maximum Gasteiger partial charge on any atom is 0.246 e. The molecule has 0 bridgehead atoms. The number of hydrogen-bond acceptors (Lipinski definition) is 1. The minimum Gasteiger partial charge on any atom is -0.345 e. The molecule has 1 amide bonds. The van der Waals surface area contributed by atoms with Crippen molar-refractivity contribution in [3.63, 3.8) is 0 Å².